The number of aromatic nitrogens is 3. The minimum Gasteiger partial charge on any atom is -0.497 e. The van der Waals surface area contributed by atoms with Gasteiger partial charge in [-0.1, -0.05) is 17.3 Å². The molecule has 0 aliphatic carbocycles. The smallest absolute Gasteiger partial charge is 0.264 e. The van der Waals surface area contributed by atoms with E-state index in [0.717, 1.165) is 35.5 Å². The summed E-state index contributed by atoms with van der Waals surface area (Å²) < 4.78 is 10.5. The van der Waals surface area contributed by atoms with E-state index in [9.17, 15) is 9.59 Å². The van der Waals surface area contributed by atoms with Gasteiger partial charge >= 0.3 is 0 Å². The summed E-state index contributed by atoms with van der Waals surface area (Å²) in [5, 5.41) is 10.8. The number of rotatable bonds is 5. The van der Waals surface area contributed by atoms with Crippen molar-refractivity contribution in [2.45, 2.75) is 32.1 Å². The number of hydrogen-bond acceptors (Lipinski definition) is 6. The number of H-pyrrole nitrogens is 1. The third-order valence-corrected chi connectivity index (χ3v) is 5.48. The molecular weight excluding hydrogens is 384 g/mol. The lowest BCUT2D eigenvalue weighted by Gasteiger charge is -2.32. The Morgan fingerprint density at radius 1 is 1.23 bits per heavy atom. The second-order valence-electron chi connectivity index (χ2n) is 7.54. The number of aromatic amines is 1. The number of methoxy groups -OCH3 is 1. The highest BCUT2D eigenvalue weighted by atomic mass is 16.5. The Labute approximate surface area is 173 Å². The molecule has 156 valence electrons. The van der Waals surface area contributed by atoms with Crippen LogP contribution in [-0.2, 0) is 11.2 Å². The molecule has 8 heteroatoms. The third-order valence-electron chi connectivity index (χ3n) is 5.48. The van der Waals surface area contributed by atoms with Crippen LogP contribution in [0.1, 0.15) is 35.7 Å². The quantitative estimate of drug-likeness (QED) is 0.697. The molecule has 2 aromatic heterocycles. The van der Waals surface area contributed by atoms with Gasteiger partial charge in [-0.3, -0.25) is 9.59 Å². The summed E-state index contributed by atoms with van der Waals surface area (Å²) in [6.07, 6.45) is 1.91. The number of aryl methyl sites for hydroxylation is 1. The second-order valence-corrected chi connectivity index (χ2v) is 7.54. The number of nitrogens with one attached hydrogen (secondary N) is 1. The van der Waals surface area contributed by atoms with Crippen LogP contribution in [0.25, 0.3) is 11.3 Å². The summed E-state index contributed by atoms with van der Waals surface area (Å²) in [4.78, 5) is 26.4. The van der Waals surface area contributed by atoms with Crippen LogP contribution >= 0.6 is 0 Å². The number of hydrogen-bond donors (Lipinski definition) is 1. The molecule has 0 saturated carbocycles. The highest BCUT2D eigenvalue weighted by molar-refractivity contribution is 5.79. The molecule has 0 radical (unpaired) electrons. The largest absolute Gasteiger partial charge is 0.497 e. The summed E-state index contributed by atoms with van der Waals surface area (Å²) in [6, 6.07) is 10.9. The molecule has 1 N–H and O–H groups in total. The van der Waals surface area contributed by atoms with Crippen LogP contribution in [-0.4, -0.2) is 46.4 Å². The minimum atomic E-state index is -0.282. The first-order chi connectivity index (χ1) is 14.5. The fourth-order valence-electron chi connectivity index (χ4n) is 3.84. The molecule has 1 aliphatic rings. The number of ether oxygens (including phenoxy) is 1. The van der Waals surface area contributed by atoms with E-state index >= 15 is 0 Å². The standard InChI is InChI=1S/C22H24N4O4/c1-14-11-19(30-25-14)18-13-20(27)23-24-22(18)16-7-9-26(10-8-16)21(28)12-15-3-5-17(29-2)6-4-15/h3-6,11,13,16H,7-10,12H2,1-2H3,(H,23,27). The average Bonchev–Trinajstić information content (AvgIpc) is 3.20. The maximum absolute atomic E-state index is 12.7. The third kappa shape index (κ3) is 4.27. The molecule has 0 spiro atoms. The van der Waals surface area contributed by atoms with Gasteiger partial charge in [0.05, 0.1) is 24.9 Å². The number of piperidine rings is 1. The molecule has 4 rings (SSSR count). The van der Waals surface area contributed by atoms with E-state index in [1.165, 1.54) is 6.07 Å². The fraction of sp³-hybridized carbons (Fsp3) is 0.364. The fourth-order valence-corrected chi connectivity index (χ4v) is 3.84. The Bertz CT molecular complexity index is 1080. The summed E-state index contributed by atoms with van der Waals surface area (Å²) in [6.45, 7) is 3.13. The van der Waals surface area contributed by atoms with Crippen LogP contribution in [0.5, 0.6) is 5.75 Å². The van der Waals surface area contributed by atoms with E-state index in [2.05, 4.69) is 15.4 Å². The van der Waals surface area contributed by atoms with Gasteiger partial charge in [0.2, 0.25) is 5.91 Å². The Morgan fingerprint density at radius 3 is 2.60 bits per heavy atom. The van der Waals surface area contributed by atoms with Crippen molar-refractivity contribution >= 4 is 5.91 Å². The molecular formula is C22H24N4O4. The van der Waals surface area contributed by atoms with Crippen molar-refractivity contribution in [3.63, 3.8) is 0 Å². The van der Waals surface area contributed by atoms with E-state index in [4.69, 9.17) is 9.26 Å². The summed E-state index contributed by atoms with van der Waals surface area (Å²) in [5.41, 5.74) is 2.88. The maximum Gasteiger partial charge on any atom is 0.264 e. The predicted octanol–water partition coefficient (Wildman–Crippen LogP) is 2.69. The zero-order chi connectivity index (χ0) is 21.1. The summed E-state index contributed by atoms with van der Waals surface area (Å²) in [5.74, 6) is 1.56. The van der Waals surface area contributed by atoms with Crippen molar-refractivity contribution in [3.8, 4) is 17.1 Å². The lowest BCUT2D eigenvalue weighted by atomic mass is 9.90. The maximum atomic E-state index is 12.7. The van der Waals surface area contributed by atoms with Gasteiger partial charge < -0.3 is 14.2 Å². The normalized spacial score (nSPS) is 14.7. The highest BCUT2D eigenvalue weighted by Crippen LogP contribution is 2.33. The van der Waals surface area contributed by atoms with E-state index in [0.29, 0.717) is 30.8 Å². The van der Waals surface area contributed by atoms with Crippen molar-refractivity contribution in [2.75, 3.05) is 20.2 Å². The molecule has 3 aromatic rings. The number of benzene rings is 1. The highest BCUT2D eigenvalue weighted by Gasteiger charge is 2.28. The first kappa shape index (κ1) is 19.9. The Kier molecular flexibility index (Phi) is 5.65. The molecule has 0 atom stereocenters. The van der Waals surface area contributed by atoms with Crippen molar-refractivity contribution in [3.05, 3.63) is 63.7 Å². The van der Waals surface area contributed by atoms with Gasteiger partial charge in [-0.2, -0.15) is 5.10 Å². The number of nitrogens with zero attached hydrogens (tertiary/aromatic N) is 3. The Morgan fingerprint density at radius 2 is 1.97 bits per heavy atom. The van der Waals surface area contributed by atoms with Gasteiger partial charge in [-0.05, 0) is 37.5 Å². The minimum absolute atomic E-state index is 0.110. The topological polar surface area (TPSA) is 101 Å². The van der Waals surface area contributed by atoms with Crippen LogP contribution in [0.3, 0.4) is 0 Å². The Balaban J connectivity index is 1.43. The second kappa shape index (κ2) is 8.52. The zero-order valence-corrected chi connectivity index (χ0v) is 17.1. The molecule has 3 heterocycles. The van der Waals surface area contributed by atoms with Gasteiger partial charge in [0.15, 0.2) is 5.76 Å². The van der Waals surface area contributed by atoms with Crippen molar-refractivity contribution in [1.29, 1.82) is 0 Å². The number of carbonyl (C=O) groups excluding carboxylic acids is 1. The lowest BCUT2D eigenvalue weighted by molar-refractivity contribution is -0.131. The van der Waals surface area contributed by atoms with Crippen LogP contribution in [0, 0.1) is 6.92 Å². The number of amides is 1. The summed E-state index contributed by atoms with van der Waals surface area (Å²) in [7, 11) is 1.62. The van der Waals surface area contributed by atoms with Gasteiger partial charge in [0.1, 0.15) is 5.75 Å². The number of carbonyl (C=O) groups is 1. The number of likely N-dealkylation sites (tertiary alicyclic amines) is 1. The SMILES string of the molecule is COc1ccc(CC(=O)N2CCC(c3n[nH]c(=O)cc3-c3cc(C)no3)CC2)cc1. The molecule has 1 aromatic carbocycles. The van der Waals surface area contributed by atoms with E-state index in [1.807, 2.05) is 36.1 Å². The van der Waals surface area contributed by atoms with Gasteiger partial charge in [-0.15, -0.1) is 0 Å². The van der Waals surface area contributed by atoms with Crippen LogP contribution in [0.4, 0.5) is 0 Å². The van der Waals surface area contributed by atoms with E-state index in [-0.39, 0.29) is 17.4 Å². The van der Waals surface area contributed by atoms with Crippen molar-refractivity contribution in [2.24, 2.45) is 0 Å². The van der Waals surface area contributed by atoms with Crippen LogP contribution in [0.2, 0.25) is 0 Å². The molecule has 1 fully saturated rings. The molecule has 1 saturated heterocycles. The van der Waals surface area contributed by atoms with E-state index < -0.39 is 0 Å². The Hall–Kier alpha value is -3.42. The van der Waals surface area contributed by atoms with Gasteiger partial charge in [0, 0.05) is 36.7 Å². The van der Waals surface area contributed by atoms with E-state index in [1.54, 1.807) is 13.2 Å². The molecule has 0 unspecified atom stereocenters. The van der Waals surface area contributed by atoms with Gasteiger partial charge in [-0.25, -0.2) is 5.10 Å². The zero-order valence-electron chi connectivity index (χ0n) is 17.1. The lowest BCUT2D eigenvalue weighted by Crippen LogP contribution is -2.39. The van der Waals surface area contributed by atoms with Crippen LogP contribution < -0.4 is 10.3 Å². The molecule has 1 amide bonds. The monoisotopic (exact) mass is 408 g/mol. The molecule has 0 bridgehead atoms. The molecule has 30 heavy (non-hydrogen) atoms. The van der Waals surface area contributed by atoms with Crippen molar-refractivity contribution < 1.29 is 14.1 Å². The van der Waals surface area contributed by atoms with Gasteiger partial charge in [0.25, 0.3) is 5.56 Å². The first-order valence-corrected chi connectivity index (χ1v) is 9.97. The molecule has 8 nitrogen and oxygen atoms in total. The first-order valence-electron chi connectivity index (χ1n) is 9.97. The molecule has 1 aliphatic heterocycles. The van der Waals surface area contributed by atoms with Crippen LogP contribution in [0.15, 0.2) is 45.7 Å². The predicted molar refractivity (Wildman–Crippen MR) is 110 cm³/mol. The van der Waals surface area contributed by atoms with Crippen molar-refractivity contribution in [1.82, 2.24) is 20.3 Å². The average molecular weight is 408 g/mol. The summed E-state index contributed by atoms with van der Waals surface area (Å²) >= 11 is 0.